The number of hydrogen-bond donors (Lipinski definition) is 0. The van der Waals surface area contributed by atoms with E-state index in [0.29, 0.717) is 4.90 Å². The number of carbonyl (C=O) groups is 2. The van der Waals surface area contributed by atoms with Gasteiger partial charge in [-0.2, -0.15) is 26.3 Å². The number of rotatable bonds is 1. The Bertz CT molecular complexity index is 684. The highest BCUT2D eigenvalue weighted by Crippen LogP contribution is 2.32. The molecule has 4 nitrogen and oxygen atoms in total. The van der Waals surface area contributed by atoms with Gasteiger partial charge in [0.1, 0.15) is 0 Å². The molecule has 1 aliphatic heterocycles. The molecule has 126 valence electrons. The monoisotopic (exact) mass is 340 g/mol. The maximum Gasteiger partial charge on any atom is 0.471 e. The molecule has 0 bridgehead atoms. The lowest BCUT2D eigenvalue weighted by Gasteiger charge is -2.32. The van der Waals surface area contributed by atoms with Crippen molar-refractivity contribution >= 4 is 17.4 Å². The van der Waals surface area contributed by atoms with Crippen LogP contribution in [0.3, 0.4) is 0 Å². The highest BCUT2D eigenvalue weighted by atomic mass is 19.4. The molecule has 0 unspecified atom stereocenters. The summed E-state index contributed by atoms with van der Waals surface area (Å²) in [4.78, 5) is 23.2. The van der Waals surface area contributed by atoms with Crippen molar-refractivity contribution in [2.75, 3.05) is 6.54 Å². The zero-order chi connectivity index (χ0) is 17.6. The Kier molecular flexibility index (Phi) is 4.03. The number of Topliss-reactive ketones (excluding diaryl/α,β-unsaturated/α-hetero) is 1. The van der Waals surface area contributed by atoms with Crippen LogP contribution in [0.15, 0.2) is 18.2 Å². The molecule has 1 aromatic heterocycles. The van der Waals surface area contributed by atoms with E-state index in [2.05, 4.69) is 0 Å². The summed E-state index contributed by atoms with van der Waals surface area (Å²) in [6.07, 6.45) is -9.02. The molecule has 0 saturated carbocycles. The lowest BCUT2D eigenvalue weighted by molar-refractivity contribution is -0.182. The van der Waals surface area contributed by atoms with E-state index in [9.17, 15) is 35.9 Å². The van der Waals surface area contributed by atoms with Crippen molar-refractivity contribution in [2.45, 2.75) is 25.8 Å². The van der Waals surface area contributed by atoms with E-state index in [1.54, 1.807) is 0 Å². The minimum absolute atomic E-state index is 0.0519. The van der Waals surface area contributed by atoms with Crippen LogP contribution in [0.5, 0.6) is 0 Å². The molecule has 0 fully saturated rings. The van der Waals surface area contributed by atoms with E-state index in [1.807, 2.05) is 0 Å². The Morgan fingerprint density at radius 1 is 1.04 bits per heavy atom. The molecular formula is C13H10F6N2O2. The van der Waals surface area contributed by atoms with Crippen LogP contribution in [-0.4, -0.2) is 40.1 Å². The van der Waals surface area contributed by atoms with Crippen molar-refractivity contribution in [1.82, 2.24) is 9.47 Å². The fraction of sp³-hybridized carbons (Fsp3) is 0.385. The molecule has 1 aromatic rings. The van der Waals surface area contributed by atoms with Gasteiger partial charge in [-0.25, -0.2) is 0 Å². The molecule has 1 aliphatic rings. The van der Waals surface area contributed by atoms with Gasteiger partial charge in [0.2, 0.25) is 0 Å². The van der Waals surface area contributed by atoms with Gasteiger partial charge in [-0.3, -0.25) is 9.59 Å². The van der Waals surface area contributed by atoms with Gasteiger partial charge in [0.15, 0.2) is 0 Å². The summed E-state index contributed by atoms with van der Waals surface area (Å²) >= 11 is 0. The summed E-state index contributed by atoms with van der Waals surface area (Å²) in [6, 6.07) is 1.97. The number of ketones is 1. The number of alkyl halides is 6. The predicted molar refractivity (Wildman–Crippen MR) is 66.2 cm³/mol. The number of hydrogen-bond acceptors (Lipinski definition) is 2. The van der Waals surface area contributed by atoms with E-state index in [0.717, 1.165) is 16.7 Å². The van der Waals surface area contributed by atoms with Crippen LogP contribution < -0.4 is 0 Å². The van der Waals surface area contributed by atoms with Gasteiger partial charge in [0.25, 0.3) is 5.78 Å². The average Bonchev–Trinajstić information content (AvgIpc) is 2.86. The van der Waals surface area contributed by atoms with Crippen LogP contribution in [0, 0.1) is 0 Å². The Morgan fingerprint density at radius 2 is 1.65 bits per heavy atom. The minimum Gasteiger partial charge on any atom is -0.335 e. The topological polar surface area (TPSA) is 42.3 Å². The zero-order valence-electron chi connectivity index (χ0n) is 11.6. The van der Waals surface area contributed by atoms with Gasteiger partial charge < -0.3 is 9.47 Å². The fourth-order valence-corrected chi connectivity index (χ4v) is 2.40. The second kappa shape index (κ2) is 5.43. The van der Waals surface area contributed by atoms with Crippen LogP contribution in [0.25, 0.3) is 5.70 Å². The summed E-state index contributed by atoms with van der Waals surface area (Å²) in [7, 11) is 0. The Balaban J connectivity index is 2.45. The van der Waals surface area contributed by atoms with Gasteiger partial charge in [-0.15, -0.1) is 0 Å². The standard InChI is InChI=1S/C13H10F6N2O2/c1-2-7-8-3-4-9(10(22)12(14,15)16)20(8)5-6-21(7)11(23)13(17,18)19/h2-4H,5-6H2,1H3. The SMILES string of the molecule is CC=C1c2ccc(C(=O)C(F)(F)F)n2CCN1C(=O)C(F)(F)F. The molecule has 0 N–H and O–H groups in total. The first-order chi connectivity index (χ1) is 10.5. The van der Waals surface area contributed by atoms with Crippen molar-refractivity contribution in [1.29, 1.82) is 0 Å². The van der Waals surface area contributed by atoms with Gasteiger partial charge in [0.05, 0.1) is 17.1 Å². The first kappa shape index (κ1) is 17.1. The summed E-state index contributed by atoms with van der Waals surface area (Å²) in [6.45, 7) is 0.510. The van der Waals surface area contributed by atoms with Crippen LogP contribution >= 0.6 is 0 Å². The highest BCUT2D eigenvalue weighted by Gasteiger charge is 2.46. The van der Waals surface area contributed by atoms with Crippen molar-refractivity contribution in [3.8, 4) is 0 Å². The highest BCUT2D eigenvalue weighted by molar-refractivity contribution is 6.00. The number of amides is 1. The smallest absolute Gasteiger partial charge is 0.335 e. The van der Waals surface area contributed by atoms with Gasteiger partial charge in [-0.05, 0) is 19.1 Å². The van der Waals surface area contributed by atoms with E-state index in [4.69, 9.17) is 0 Å². The molecule has 0 saturated heterocycles. The average molecular weight is 340 g/mol. The number of halogens is 6. The minimum atomic E-state index is -5.10. The van der Waals surface area contributed by atoms with Crippen molar-refractivity contribution in [2.24, 2.45) is 0 Å². The van der Waals surface area contributed by atoms with Crippen LogP contribution in [-0.2, 0) is 11.3 Å². The fourth-order valence-electron chi connectivity index (χ4n) is 2.40. The number of allylic oxidation sites excluding steroid dienone is 1. The molecule has 0 radical (unpaired) electrons. The van der Waals surface area contributed by atoms with Crippen molar-refractivity contribution in [3.63, 3.8) is 0 Å². The zero-order valence-corrected chi connectivity index (χ0v) is 11.6. The first-order valence-corrected chi connectivity index (χ1v) is 6.35. The maximum atomic E-state index is 12.6. The Morgan fingerprint density at radius 3 is 2.13 bits per heavy atom. The van der Waals surface area contributed by atoms with E-state index in [-0.39, 0.29) is 17.9 Å². The Hall–Kier alpha value is -2.26. The predicted octanol–water partition coefficient (Wildman–Crippen LogP) is 3.00. The van der Waals surface area contributed by atoms with Gasteiger partial charge in [-0.1, -0.05) is 6.08 Å². The quantitative estimate of drug-likeness (QED) is 0.583. The van der Waals surface area contributed by atoms with E-state index >= 15 is 0 Å². The normalized spacial score (nSPS) is 17.3. The third-order valence-electron chi connectivity index (χ3n) is 3.33. The Labute approximate surface area is 126 Å². The molecule has 10 heteroatoms. The lowest BCUT2D eigenvalue weighted by atomic mass is 10.2. The summed E-state index contributed by atoms with van der Waals surface area (Å²) in [5.74, 6) is -4.20. The lowest BCUT2D eigenvalue weighted by Crippen LogP contribution is -2.44. The maximum absolute atomic E-state index is 12.6. The van der Waals surface area contributed by atoms with Gasteiger partial charge >= 0.3 is 18.3 Å². The van der Waals surface area contributed by atoms with E-state index in [1.165, 1.54) is 13.0 Å². The number of nitrogens with zero attached hydrogens (tertiary/aromatic N) is 2. The molecule has 0 aromatic carbocycles. The number of fused-ring (bicyclic) bond motifs is 1. The molecular weight excluding hydrogens is 330 g/mol. The first-order valence-electron chi connectivity index (χ1n) is 6.35. The number of aromatic nitrogens is 1. The molecule has 0 aliphatic carbocycles. The second-order valence-electron chi connectivity index (χ2n) is 4.71. The van der Waals surface area contributed by atoms with E-state index < -0.39 is 36.3 Å². The molecule has 2 rings (SSSR count). The number of carbonyl (C=O) groups excluding carboxylic acids is 2. The summed E-state index contributed by atoms with van der Waals surface area (Å²) in [5.41, 5.74) is -0.922. The third-order valence-corrected chi connectivity index (χ3v) is 3.33. The molecule has 0 atom stereocenters. The van der Waals surface area contributed by atoms with Gasteiger partial charge in [0, 0.05) is 13.1 Å². The summed E-state index contributed by atoms with van der Waals surface area (Å²) in [5, 5.41) is 0. The van der Waals surface area contributed by atoms with Crippen LogP contribution in [0.1, 0.15) is 23.1 Å². The third kappa shape index (κ3) is 2.97. The molecule has 23 heavy (non-hydrogen) atoms. The molecule has 2 heterocycles. The largest absolute Gasteiger partial charge is 0.471 e. The molecule has 1 amide bonds. The summed E-state index contributed by atoms with van der Waals surface area (Å²) < 4.78 is 76.3. The van der Waals surface area contributed by atoms with Crippen LogP contribution in [0.2, 0.25) is 0 Å². The second-order valence-corrected chi connectivity index (χ2v) is 4.71. The van der Waals surface area contributed by atoms with Crippen molar-refractivity contribution < 1.29 is 35.9 Å². The van der Waals surface area contributed by atoms with Crippen molar-refractivity contribution in [3.05, 3.63) is 29.6 Å². The van der Waals surface area contributed by atoms with Crippen LogP contribution in [0.4, 0.5) is 26.3 Å². The molecule has 0 spiro atoms.